The van der Waals surface area contributed by atoms with Crippen LogP contribution in [0.5, 0.6) is 0 Å². The number of benzene rings is 1. The van der Waals surface area contributed by atoms with Crippen molar-refractivity contribution in [3.05, 3.63) is 35.9 Å². The topological polar surface area (TPSA) is 78.5 Å². The second kappa shape index (κ2) is 9.20. The highest BCUT2D eigenvalue weighted by Gasteiger charge is 2.33. The van der Waals surface area contributed by atoms with Crippen molar-refractivity contribution < 1.29 is 14.4 Å². The Kier molecular flexibility index (Phi) is 6.98. The van der Waals surface area contributed by atoms with Crippen LogP contribution in [0.3, 0.4) is 0 Å². The Hall–Kier alpha value is -2.37. The molecule has 25 heavy (non-hydrogen) atoms. The van der Waals surface area contributed by atoms with Crippen LogP contribution in [0.4, 0.5) is 0 Å². The zero-order chi connectivity index (χ0) is 18.2. The summed E-state index contributed by atoms with van der Waals surface area (Å²) in [5, 5.41) is 5.55. The zero-order valence-electron chi connectivity index (χ0n) is 15.0. The summed E-state index contributed by atoms with van der Waals surface area (Å²) in [6.45, 7) is 5.53. The lowest BCUT2D eigenvalue weighted by Crippen LogP contribution is -2.39. The molecule has 1 saturated heterocycles. The summed E-state index contributed by atoms with van der Waals surface area (Å²) in [5.74, 6) is -0.485. The Bertz CT molecular complexity index is 601. The van der Waals surface area contributed by atoms with Crippen LogP contribution >= 0.6 is 0 Å². The first-order valence-electron chi connectivity index (χ1n) is 8.84. The van der Waals surface area contributed by atoms with Gasteiger partial charge in [0.15, 0.2) is 0 Å². The highest BCUT2D eigenvalue weighted by Crippen LogP contribution is 2.18. The van der Waals surface area contributed by atoms with Crippen molar-refractivity contribution in [3.8, 4) is 0 Å². The van der Waals surface area contributed by atoms with E-state index < -0.39 is 0 Å². The summed E-state index contributed by atoms with van der Waals surface area (Å²) in [6.07, 6.45) is 1.06. The van der Waals surface area contributed by atoms with Crippen molar-refractivity contribution in [2.24, 2.45) is 11.8 Å². The molecular formula is C19H27N3O3. The summed E-state index contributed by atoms with van der Waals surface area (Å²) < 4.78 is 0. The molecule has 1 aromatic carbocycles. The van der Waals surface area contributed by atoms with Gasteiger partial charge in [-0.05, 0) is 12.0 Å². The number of nitrogens with zero attached hydrogens (tertiary/aromatic N) is 1. The molecule has 0 bridgehead atoms. The van der Waals surface area contributed by atoms with Crippen LogP contribution in [0, 0.1) is 11.8 Å². The average molecular weight is 345 g/mol. The van der Waals surface area contributed by atoms with E-state index in [9.17, 15) is 14.4 Å². The predicted molar refractivity (Wildman–Crippen MR) is 95.7 cm³/mol. The molecule has 1 heterocycles. The molecule has 6 nitrogen and oxygen atoms in total. The second-order valence-corrected chi connectivity index (χ2v) is 6.71. The van der Waals surface area contributed by atoms with Crippen LogP contribution < -0.4 is 10.6 Å². The van der Waals surface area contributed by atoms with Gasteiger partial charge in [-0.2, -0.15) is 0 Å². The molecular weight excluding hydrogens is 318 g/mol. The van der Waals surface area contributed by atoms with Crippen molar-refractivity contribution in [2.75, 3.05) is 26.2 Å². The van der Waals surface area contributed by atoms with E-state index in [4.69, 9.17) is 0 Å². The molecule has 0 saturated carbocycles. The molecule has 1 fully saturated rings. The van der Waals surface area contributed by atoms with Crippen molar-refractivity contribution in [2.45, 2.75) is 26.7 Å². The van der Waals surface area contributed by atoms with E-state index in [-0.39, 0.29) is 36.0 Å². The number of carbonyl (C=O) groups is 3. The molecule has 1 aromatic rings. The Morgan fingerprint density at radius 2 is 1.84 bits per heavy atom. The fourth-order valence-corrected chi connectivity index (χ4v) is 2.79. The lowest BCUT2D eigenvalue weighted by atomic mass is 10.1. The van der Waals surface area contributed by atoms with Crippen LogP contribution in [-0.4, -0.2) is 48.8 Å². The fraction of sp³-hybridized carbons (Fsp3) is 0.526. The van der Waals surface area contributed by atoms with E-state index in [1.165, 1.54) is 5.56 Å². The Morgan fingerprint density at radius 3 is 2.52 bits per heavy atom. The van der Waals surface area contributed by atoms with Gasteiger partial charge in [-0.3, -0.25) is 14.4 Å². The molecule has 2 N–H and O–H groups in total. The average Bonchev–Trinajstić information content (AvgIpc) is 2.98. The summed E-state index contributed by atoms with van der Waals surface area (Å²) >= 11 is 0. The molecule has 2 rings (SSSR count). The summed E-state index contributed by atoms with van der Waals surface area (Å²) in [4.78, 5) is 37.5. The number of nitrogens with one attached hydrogen (secondary N) is 2. The largest absolute Gasteiger partial charge is 0.354 e. The van der Waals surface area contributed by atoms with E-state index >= 15 is 0 Å². The third kappa shape index (κ3) is 5.89. The van der Waals surface area contributed by atoms with E-state index in [0.717, 1.165) is 6.42 Å². The van der Waals surface area contributed by atoms with E-state index in [0.29, 0.717) is 26.2 Å². The highest BCUT2D eigenvalue weighted by molar-refractivity contribution is 5.89. The van der Waals surface area contributed by atoms with Gasteiger partial charge in [0.25, 0.3) is 0 Å². The zero-order valence-corrected chi connectivity index (χ0v) is 15.0. The minimum atomic E-state index is -0.302. The summed E-state index contributed by atoms with van der Waals surface area (Å²) in [5.41, 5.74) is 1.18. The maximum Gasteiger partial charge on any atom is 0.225 e. The molecule has 0 aromatic heterocycles. The first kappa shape index (κ1) is 19.0. The van der Waals surface area contributed by atoms with Gasteiger partial charge >= 0.3 is 0 Å². The van der Waals surface area contributed by atoms with E-state index in [1.807, 2.05) is 44.2 Å². The molecule has 1 aliphatic heterocycles. The molecule has 3 amide bonds. The predicted octanol–water partition coefficient (Wildman–Crippen LogP) is 0.966. The Labute approximate surface area is 149 Å². The van der Waals surface area contributed by atoms with Gasteiger partial charge in [-0.15, -0.1) is 0 Å². The number of hydrogen-bond donors (Lipinski definition) is 2. The normalized spacial score (nSPS) is 17.0. The summed E-state index contributed by atoms with van der Waals surface area (Å²) in [7, 11) is 0. The molecule has 136 valence electrons. The van der Waals surface area contributed by atoms with Crippen LogP contribution in [0.25, 0.3) is 0 Å². The monoisotopic (exact) mass is 345 g/mol. The Balaban J connectivity index is 1.70. The summed E-state index contributed by atoms with van der Waals surface area (Å²) in [6, 6.07) is 10.0. The van der Waals surface area contributed by atoms with E-state index in [2.05, 4.69) is 10.6 Å². The molecule has 0 unspecified atom stereocenters. The van der Waals surface area contributed by atoms with Gasteiger partial charge < -0.3 is 15.5 Å². The van der Waals surface area contributed by atoms with Crippen LogP contribution in [-0.2, 0) is 20.8 Å². The third-order valence-electron chi connectivity index (χ3n) is 4.35. The quantitative estimate of drug-likeness (QED) is 0.689. The van der Waals surface area contributed by atoms with Gasteiger partial charge in [-0.25, -0.2) is 0 Å². The minimum Gasteiger partial charge on any atom is -0.354 e. The highest BCUT2D eigenvalue weighted by atomic mass is 16.2. The van der Waals surface area contributed by atoms with Gasteiger partial charge in [0.05, 0.1) is 5.92 Å². The first-order chi connectivity index (χ1) is 12.0. The maximum absolute atomic E-state index is 12.2. The number of rotatable bonds is 8. The smallest absolute Gasteiger partial charge is 0.225 e. The molecule has 1 aliphatic rings. The standard InChI is InChI=1S/C19H27N3O3/c1-14(2)18(24)20-9-10-21-19(25)16-12-17(23)22(13-16)11-8-15-6-4-3-5-7-15/h3-7,14,16H,8-13H2,1-2H3,(H,20,24)(H,21,25)/t16-/m1/s1. The SMILES string of the molecule is CC(C)C(=O)NCCNC(=O)[C@@H]1CC(=O)N(CCc2ccccc2)C1. The van der Waals surface area contributed by atoms with Crippen molar-refractivity contribution >= 4 is 17.7 Å². The third-order valence-corrected chi connectivity index (χ3v) is 4.35. The van der Waals surface area contributed by atoms with Crippen molar-refractivity contribution in [1.82, 2.24) is 15.5 Å². The molecule has 0 spiro atoms. The molecule has 6 heteroatoms. The molecule has 1 atom stereocenters. The second-order valence-electron chi connectivity index (χ2n) is 6.71. The van der Waals surface area contributed by atoms with Crippen molar-refractivity contribution in [1.29, 1.82) is 0 Å². The minimum absolute atomic E-state index is 0.0302. The molecule has 0 radical (unpaired) electrons. The number of carbonyl (C=O) groups excluding carboxylic acids is 3. The van der Waals surface area contributed by atoms with Gasteiger partial charge in [0.1, 0.15) is 0 Å². The first-order valence-corrected chi connectivity index (χ1v) is 8.84. The lowest BCUT2D eigenvalue weighted by Gasteiger charge is -2.16. The molecule has 0 aliphatic carbocycles. The van der Waals surface area contributed by atoms with Gasteiger partial charge in [0.2, 0.25) is 17.7 Å². The van der Waals surface area contributed by atoms with Crippen LogP contribution in [0.15, 0.2) is 30.3 Å². The Morgan fingerprint density at radius 1 is 1.16 bits per heavy atom. The van der Waals surface area contributed by atoms with Gasteiger partial charge in [-0.1, -0.05) is 44.2 Å². The lowest BCUT2D eigenvalue weighted by molar-refractivity contribution is -0.129. The fourth-order valence-electron chi connectivity index (χ4n) is 2.79. The van der Waals surface area contributed by atoms with Gasteiger partial charge in [0, 0.05) is 38.5 Å². The number of hydrogen-bond acceptors (Lipinski definition) is 3. The number of likely N-dealkylation sites (tertiary alicyclic amines) is 1. The maximum atomic E-state index is 12.2. The van der Waals surface area contributed by atoms with Crippen LogP contribution in [0.1, 0.15) is 25.8 Å². The van der Waals surface area contributed by atoms with Crippen LogP contribution in [0.2, 0.25) is 0 Å². The van der Waals surface area contributed by atoms with E-state index in [1.54, 1.807) is 4.90 Å². The number of amides is 3. The van der Waals surface area contributed by atoms with Crippen molar-refractivity contribution in [3.63, 3.8) is 0 Å².